The van der Waals surface area contributed by atoms with Crippen LogP contribution in [0.3, 0.4) is 0 Å². The molecule has 12 heteroatoms. The van der Waals surface area contributed by atoms with E-state index in [1.54, 1.807) is 18.8 Å². The van der Waals surface area contributed by atoms with Crippen molar-refractivity contribution in [3.63, 3.8) is 0 Å². The van der Waals surface area contributed by atoms with Gasteiger partial charge in [0.05, 0.1) is 35.9 Å². The van der Waals surface area contributed by atoms with Crippen molar-refractivity contribution >= 4 is 27.9 Å². The zero-order valence-corrected chi connectivity index (χ0v) is 18.9. The summed E-state index contributed by atoms with van der Waals surface area (Å²) in [4.78, 5) is 17.1. The fourth-order valence-corrected chi connectivity index (χ4v) is 4.69. The Morgan fingerprint density at radius 1 is 1.33 bits per heavy atom. The third-order valence-corrected chi connectivity index (χ3v) is 6.49. The highest BCUT2D eigenvalue weighted by Gasteiger charge is 2.30. The van der Waals surface area contributed by atoms with Crippen molar-refractivity contribution in [3.8, 4) is 10.6 Å². The number of hydrogen-bond donors (Lipinski definition) is 3. The molecule has 1 saturated heterocycles. The quantitative estimate of drug-likeness (QED) is 0.514. The monoisotopic (exact) mass is 478 g/mol. The third-order valence-electron chi connectivity index (χ3n) is 5.59. The van der Waals surface area contributed by atoms with Crippen molar-refractivity contribution in [2.45, 2.75) is 31.1 Å². The summed E-state index contributed by atoms with van der Waals surface area (Å²) in [5, 5.41) is 7.00. The van der Waals surface area contributed by atoms with E-state index < -0.39 is 17.5 Å². The number of benzene rings is 1. The topological polar surface area (TPSA) is 130 Å². The van der Waals surface area contributed by atoms with E-state index in [4.69, 9.17) is 20.9 Å². The first-order valence-electron chi connectivity index (χ1n) is 10.2. The first-order chi connectivity index (χ1) is 15.8. The Hall–Kier alpha value is -2.93. The summed E-state index contributed by atoms with van der Waals surface area (Å²) in [6.07, 6.45) is 2.18. The smallest absolute Gasteiger partial charge is 0.277 e. The van der Waals surface area contributed by atoms with Crippen LogP contribution in [-0.2, 0) is 16.5 Å². The normalized spacial score (nSPS) is 21.1. The number of nitrogens with zero attached hydrogens (tertiary/aromatic N) is 3. The predicted molar refractivity (Wildman–Crippen MR) is 120 cm³/mol. The number of halogens is 2. The maximum atomic E-state index is 14.1. The zero-order valence-electron chi connectivity index (χ0n) is 18.0. The summed E-state index contributed by atoms with van der Waals surface area (Å²) in [6, 6.07) is 3.31. The number of ether oxygens (including phenoxy) is 2. The summed E-state index contributed by atoms with van der Waals surface area (Å²) in [7, 11) is 3.33. The van der Waals surface area contributed by atoms with Crippen LogP contribution in [-0.4, -0.2) is 46.5 Å². The molecule has 1 aromatic carbocycles. The molecule has 176 valence electrons. The summed E-state index contributed by atoms with van der Waals surface area (Å²) in [5.41, 5.74) is 12.7. The molecule has 3 atom stereocenters. The van der Waals surface area contributed by atoms with Crippen LogP contribution in [0.5, 0.6) is 0 Å². The van der Waals surface area contributed by atoms with E-state index in [1.807, 2.05) is 0 Å². The van der Waals surface area contributed by atoms with Gasteiger partial charge in [0.1, 0.15) is 27.7 Å². The van der Waals surface area contributed by atoms with E-state index in [9.17, 15) is 13.6 Å². The lowest BCUT2D eigenvalue weighted by molar-refractivity contribution is -0.0211. The van der Waals surface area contributed by atoms with E-state index in [2.05, 4.69) is 15.4 Å². The zero-order chi connectivity index (χ0) is 23.7. The number of nitrogens with two attached hydrogens (primary N) is 2. The number of carbonyl (C=O) groups excluding carboxylic acids is 1. The molecule has 33 heavy (non-hydrogen) atoms. The van der Waals surface area contributed by atoms with Gasteiger partial charge < -0.3 is 26.3 Å². The number of hydrogen-bond acceptors (Lipinski definition) is 8. The molecule has 4 rings (SSSR count). The molecular weight excluding hydrogens is 454 g/mol. The molecule has 1 aliphatic rings. The molecule has 9 nitrogen and oxygen atoms in total. The summed E-state index contributed by atoms with van der Waals surface area (Å²) < 4.78 is 41.3. The lowest BCUT2D eigenvalue weighted by Gasteiger charge is -2.19. The Bertz CT molecular complexity index is 1150. The summed E-state index contributed by atoms with van der Waals surface area (Å²) >= 11 is 0.830. The average Bonchev–Trinajstić information content (AvgIpc) is 3.26. The van der Waals surface area contributed by atoms with Gasteiger partial charge in [-0.1, -0.05) is 17.4 Å². The minimum atomic E-state index is -0.789. The molecule has 0 radical (unpaired) electrons. The second kappa shape index (κ2) is 9.51. The van der Waals surface area contributed by atoms with Gasteiger partial charge in [0.2, 0.25) is 0 Å². The van der Waals surface area contributed by atoms with Crippen molar-refractivity contribution in [1.82, 2.24) is 14.8 Å². The molecule has 5 N–H and O–H groups in total. The molecule has 0 saturated carbocycles. The van der Waals surface area contributed by atoms with Crippen LogP contribution < -0.4 is 16.8 Å². The number of thiazole rings is 1. The van der Waals surface area contributed by atoms with Crippen LogP contribution in [0.15, 0.2) is 24.4 Å². The van der Waals surface area contributed by atoms with Gasteiger partial charge in [0.25, 0.3) is 5.91 Å². The first kappa shape index (κ1) is 23.2. The van der Waals surface area contributed by atoms with Gasteiger partial charge in [-0.3, -0.25) is 9.48 Å². The van der Waals surface area contributed by atoms with Gasteiger partial charge in [-0.2, -0.15) is 5.10 Å². The number of aryl methyl sites for hydroxylation is 1. The van der Waals surface area contributed by atoms with Gasteiger partial charge in [0, 0.05) is 20.2 Å². The van der Waals surface area contributed by atoms with Crippen LogP contribution in [0.2, 0.25) is 0 Å². The molecule has 0 unspecified atom stereocenters. The van der Waals surface area contributed by atoms with Gasteiger partial charge in [-0.05, 0) is 25.0 Å². The molecule has 0 aliphatic carbocycles. The Kier molecular flexibility index (Phi) is 6.70. The lowest BCUT2D eigenvalue weighted by atomic mass is 10.0. The highest BCUT2D eigenvalue weighted by molar-refractivity contribution is 7.19. The molecule has 0 spiro atoms. The van der Waals surface area contributed by atoms with Crippen LogP contribution >= 0.6 is 11.3 Å². The van der Waals surface area contributed by atoms with Crippen LogP contribution in [0, 0.1) is 11.6 Å². The lowest BCUT2D eigenvalue weighted by Crippen LogP contribution is -2.37. The van der Waals surface area contributed by atoms with Crippen LogP contribution in [0.25, 0.3) is 10.6 Å². The number of methoxy groups -OCH3 is 1. The second-order valence-electron chi connectivity index (χ2n) is 7.69. The number of nitrogens with one attached hydrogen (secondary N) is 1. The minimum absolute atomic E-state index is 0.0219. The molecule has 3 aromatic rings. The maximum Gasteiger partial charge on any atom is 0.277 e. The Balaban J connectivity index is 1.58. The molecule has 1 fully saturated rings. The number of amides is 1. The van der Waals surface area contributed by atoms with E-state index in [-0.39, 0.29) is 39.5 Å². The number of carbonyl (C=O) groups is 1. The molecule has 1 aliphatic heterocycles. The van der Waals surface area contributed by atoms with Gasteiger partial charge in [-0.15, -0.1) is 0 Å². The van der Waals surface area contributed by atoms with E-state index in [0.29, 0.717) is 30.8 Å². The average molecular weight is 479 g/mol. The highest BCUT2D eigenvalue weighted by Crippen LogP contribution is 2.35. The standard InChI is InChI=1S/C21H24F2N6O3S/c1-29-18(14-7-6-12(24)15(31-2)9-32-14)13(8-26-29)27-20(30)17-19(25)33-21(28-17)16-10(22)4-3-5-11(16)23/h3-5,8,12,14-15H,6-7,9,24-25H2,1-2H3,(H,27,30)/t12-,14-,15-/m0/s1. The van der Waals surface area contributed by atoms with Gasteiger partial charge in [-0.25, -0.2) is 13.8 Å². The Labute approximate surface area is 192 Å². The van der Waals surface area contributed by atoms with Gasteiger partial charge in [0.15, 0.2) is 5.69 Å². The van der Waals surface area contributed by atoms with Crippen LogP contribution in [0.1, 0.15) is 35.1 Å². The first-order valence-corrected chi connectivity index (χ1v) is 11.1. The van der Waals surface area contributed by atoms with Crippen molar-refractivity contribution in [1.29, 1.82) is 0 Å². The summed E-state index contributed by atoms with van der Waals surface area (Å²) in [6.45, 7) is 0.303. The second-order valence-corrected chi connectivity index (χ2v) is 8.72. The van der Waals surface area contributed by atoms with Gasteiger partial charge >= 0.3 is 0 Å². The Morgan fingerprint density at radius 2 is 2.06 bits per heavy atom. The highest BCUT2D eigenvalue weighted by atomic mass is 32.1. The molecule has 0 bridgehead atoms. The molecule has 3 heterocycles. The van der Waals surface area contributed by atoms with E-state index in [1.165, 1.54) is 12.3 Å². The predicted octanol–water partition coefficient (Wildman–Crippen LogP) is 2.85. The fourth-order valence-electron chi connectivity index (χ4n) is 3.82. The molecule has 1 amide bonds. The van der Waals surface area contributed by atoms with Crippen molar-refractivity contribution in [2.75, 3.05) is 24.8 Å². The number of aromatic nitrogens is 3. The summed E-state index contributed by atoms with van der Waals surface area (Å²) in [5.74, 6) is -2.20. The van der Waals surface area contributed by atoms with E-state index in [0.717, 1.165) is 23.5 Å². The maximum absolute atomic E-state index is 14.1. The minimum Gasteiger partial charge on any atom is -0.389 e. The fraction of sp³-hybridized carbons (Fsp3) is 0.381. The molecular formula is C21H24F2N6O3S. The number of rotatable bonds is 5. The van der Waals surface area contributed by atoms with Crippen molar-refractivity contribution in [2.24, 2.45) is 12.8 Å². The van der Waals surface area contributed by atoms with E-state index >= 15 is 0 Å². The van der Waals surface area contributed by atoms with Crippen molar-refractivity contribution < 1.29 is 23.0 Å². The number of anilines is 2. The van der Waals surface area contributed by atoms with Crippen molar-refractivity contribution in [3.05, 3.63) is 47.4 Å². The number of nitrogen functional groups attached to an aromatic ring is 1. The Morgan fingerprint density at radius 3 is 2.76 bits per heavy atom. The molecule has 2 aromatic heterocycles. The third kappa shape index (κ3) is 4.60. The van der Waals surface area contributed by atoms with Crippen LogP contribution in [0.4, 0.5) is 19.5 Å². The largest absolute Gasteiger partial charge is 0.389 e. The SMILES string of the molecule is CO[C@H]1CO[C@H](c2c(NC(=O)c3nc(-c4c(F)cccc4F)sc3N)cnn2C)CC[C@@H]1N.